The fourth-order valence-corrected chi connectivity index (χ4v) is 3.36. The molecule has 23 heavy (non-hydrogen) atoms. The Morgan fingerprint density at radius 1 is 1.26 bits per heavy atom. The molecule has 0 bridgehead atoms. The number of hydrogen-bond acceptors (Lipinski definition) is 5. The van der Waals surface area contributed by atoms with Crippen LogP contribution in [-0.4, -0.2) is 23.6 Å². The zero-order valence-corrected chi connectivity index (χ0v) is 13.2. The van der Waals surface area contributed by atoms with Crippen molar-refractivity contribution in [1.82, 2.24) is 4.98 Å². The van der Waals surface area contributed by atoms with Gasteiger partial charge in [0.05, 0.1) is 15.2 Å². The number of hydrogen-bond donors (Lipinski definition) is 1. The summed E-state index contributed by atoms with van der Waals surface area (Å²) in [6.45, 7) is 2.17. The third kappa shape index (κ3) is 2.73. The molecule has 4 rings (SSSR count). The molecular formula is C17H14N2O3S. The second-order valence-electron chi connectivity index (χ2n) is 5.27. The topological polar surface area (TPSA) is 60.5 Å². The maximum Gasteiger partial charge on any atom is 0.269 e. The molecule has 2 aromatic carbocycles. The van der Waals surface area contributed by atoms with Crippen molar-refractivity contribution in [2.24, 2.45) is 0 Å². The number of ether oxygens (including phenoxy) is 2. The number of anilines is 1. The number of aromatic nitrogens is 1. The highest BCUT2D eigenvalue weighted by atomic mass is 32.1. The maximum atomic E-state index is 12.4. The van der Waals surface area contributed by atoms with Crippen LogP contribution >= 0.6 is 11.3 Å². The molecule has 1 amide bonds. The van der Waals surface area contributed by atoms with E-state index in [4.69, 9.17) is 9.47 Å². The van der Waals surface area contributed by atoms with Gasteiger partial charge in [0, 0.05) is 5.69 Å². The Morgan fingerprint density at radius 2 is 2.09 bits per heavy atom. The van der Waals surface area contributed by atoms with Crippen LogP contribution < -0.4 is 14.8 Å². The molecule has 1 N–H and O–H groups in total. The summed E-state index contributed by atoms with van der Waals surface area (Å²) in [7, 11) is 0. The van der Waals surface area contributed by atoms with Crippen LogP contribution in [0.3, 0.4) is 0 Å². The van der Waals surface area contributed by atoms with Crippen molar-refractivity contribution in [2.75, 3.05) is 11.9 Å². The fourth-order valence-electron chi connectivity index (χ4n) is 2.49. The summed E-state index contributed by atoms with van der Waals surface area (Å²) < 4.78 is 12.3. The predicted octanol–water partition coefficient (Wildman–Crippen LogP) is 3.38. The van der Waals surface area contributed by atoms with E-state index in [0.29, 0.717) is 11.5 Å². The van der Waals surface area contributed by atoms with Crippen molar-refractivity contribution < 1.29 is 14.3 Å². The molecule has 0 radical (unpaired) electrons. The first-order valence-corrected chi connectivity index (χ1v) is 8.07. The van der Waals surface area contributed by atoms with E-state index in [1.54, 1.807) is 17.4 Å². The number of rotatable bonds is 2. The molecule has 5 nitrogen and oxygen atoms in total. The molecule has 1 aliphatic rings. The van der Waals surface area contributed by atoms with Crippen molar-refractivity contribution >= 4 is 33.1 Å². The average molecular weight is 326 g/mol. The summed E-state index contributed by atoms with van der Waals surface area (Å²) in [5, 5.41) is 3.88. The monoisotopic (exact) mass is 326 g/mol. The van der Waals surface area contributed by atoms with Crippen LogP contribution in [0.2, 0.25) is 0 Å². The van der Waals surface area contributed by atoms with Gasteiger partial charge >= 0.3 is 0 Å². The summed E-state index contributed by atoms with van der Waals surface area (Å²) in [5.74, 6) is 1.03. The normalized spacial score (nSPS) is 16.3. The molecule has 0 saturated heterocycles. The van der Waals surface area contributed by atoms with Gasteiger partial charge < -0.3 is 14.8 Å². The molecule has 1 aliphatic heterocycles. The van der Waals surface area contributed by atoms with Crippen molar-refractivity contribution in [3.63, 3.8) is 0 Å². The first-order chi connectivity index (χ1) is 11.2. The average Bonchev–Trinajstić information content (AvgIpc) is 2.93. The highest BCUT2D eigenvalue weighted by molar-refractivity contribution is 7.18. The standard InChI is InChI=1S/C17H14N2O3S/c1-10-18-12-7-6-11(8-16(12)23-10)19-17(20)15-9-21-13-4-2-3-5-14(13)22-15/h2-8,15H,9H2,1H3,(H,19,20). The minimum absolute atomic E-state index is 0.199. The molecule has 1 atom stereocenters. The summed E-state index contributed by atoms with van der Waals surface area (Å²) in [6.07, 6.45) is -0.663. The molecule has 3 aromatic rings. The van der Waals surface area contributed by atoms with Gasteiger partial charge in [-0.15, -0.1) is 11.3 Å². The van der Waals surface area contributed by atoms with Gasteiger partial charge in [0.25, 0.3) is 5.91 Å². The van der Waals surface area contributed by atoms with Crippen LogP contribution in [0.5, 0.6) is 11.5 Å². The van der Waals surface area contributed by atoms with Crippen molar-refractivity contribution in [2.45, 2.75) is 13.0 Å². The highest BCUT2D eigenvalue weighted by Crippen LogP contribution is 2.31. The maximum absolute atomic E-state index is 12.4. The zero-order chi connectivity index (χ0) is 15.8. The molecule has 2 heterocycles. The Labute approximate surface area is 136 Å². The number of fused-ring (bicyclic) bond motifs is 2. The third-order valence-corrected chi connectivity index (χ3v) is 4.50. The smallest absolute Gasteiger partial charge is 0.269 e. The van der Waals surface area contributed by atoms with E-state index in [2.05, 4.69) is 10.3 Å². The number of nitrogens with zero attached hydrogens (tertiary/aromatic N) is 1. The number of carbonyl (C=O) groups excluding carboxylic acids is 1. The second kappa shape index (κ2) is 5.55. The van der Waals surface area contributed by atoms with Gasteiger partial charge in [0.2, 0.25) is 6.10 Å². The van der Waals surface area contributed by atoms with Gasteiger partial charge in [-0.1, -0.05) is 12.1 Å². The van der Waals surface area contributed by atoms with Crippen molar-refractivity contribution in [1.29, 1.82) is 0 Å². The molecule has 6 heteroatoms. The number of aryl methyl sites for hydroxylation is 1. The Balaban J connectivity index is 1.51. The molecule has 0 spiro atoms. The molecule has 0 saturated carbocycles. The van der Waals surface area contributed by atoms with Crippen LogP contribution in [0.4, 0.5) is 5.69 Å². The van der Waals surface area contributed by atoms with Gasteiger partial charge in [0.15, 0.2) is 11.5 Å². The van der Waals surface area contributed by atoms with Crippen molar-refractivity contribution in [3.8, 4) is 11.5 Å². The number of amides is 1. The summed E-state index contributed by atoms with van der Waals surface area (Å²) >= 11 is 1.60. The van der Waals surface area contributed by atoms with E-state index >= 15 is 0 Å². The fraction of sp³-hybridized carbons (Fsp3) is 0.176. The quantitative estimate of drug-likeness (QED) is 0.784. The number of thiazole rings is 1. The van der Waals surface area contributed by atoms with Gasteiger partial charge in [-0.2, -0.15) is 0 Å². The molecule has 0 aliphatic carbocycles. The minimum atomic E-state index is -0.663. The highest BCUT2D eigenvalue weighted by Gasteiger charge is 2.27. The van der Waals surface area contributed by atoms with E-state index in [-0.39, 0.29) is 12.5 Å². The molecule has 0 fully saturated rings. The molecular weight excluding hydrogens is 312 g/mol. The molecule has 1 aromatic heterocycles. The van der Waals surface area contributed by atoms with E-state index in [0.717, 1.165) is 20.9 Å². The Hall–Kier alpha value is -2.60. The minimum Gasteiger partial charge on any atom is -0.485 e. The lowest BCUT2D eigenvalue weighted by Crippen LogP contribution is -2.40. The van der Waals surface area contributed by atoms with Gasteiger partial charge in [0.1, 0.15) is 6.61 Å². The van der Waals surface area contributed by atoms with Crippen LogP contribution in [0, 0.1) is 6.92 Å². The van der Waals surface area contributed by atoms with E-state index in [9.17, 15) is 4.79 Å². The summed E-state index contributed by atoms with van der Waals surface area (Å²) in [6, 6.07) is 13.0. The summed E-state index contributed by atoms with van der Waals surface area (Å²) in [5.41, 5.74) is 1.67. The van der Waals surface area contributed by atoms with Gasteiger partial charge in [-0.3, -0.25) is 4.79 Å². The van der Waals surface area contributed by atoms with Crippen LogP contribution in [0.1, 0.15) is 5.01 Å². The van der Waals surface area contributed by atoms with Crippen LogP contribution in [0.25, 0.3) is 10.2 Å². The number of para-hydroxylation sites is 2. The van der Waals surface area contributed by atoms with E-state index in [1.807, 2.05) is 43.3 Å². The predicted molar refractivity (Wildman–Crippen MR) is 89.3 cm³/mol. The Kier molecular flexibility index (Phi) is 3.38. The first-order valence-electron chi connectivity index (χ1n) is 7.25. The molecule has 116 valence electrons. The van der Waals surface area contributed by atoms with E-state index in [1.165, 1.54) is 0 Å². The zero-order valence-electron chi connectivity index (χ0n) is 12.4. The summed E-state index contributed by atoms with van der Waals surface area (Å²) in [4.78, 5) is 16.8. The Morgan fingerprint density at radius 3 is 2.96 bits per heavy atom. The Bertz CT molecular complexity index is 890. The molecule has 1 unspecified atom stereocenters. The van der Waals surface area contributed by atoms with Gasteiger partial charge in [-0.25, -0.2) is 4.98 Å². The van der Waals surface area contributed by atoms with Crippen LogP contribution in [0.15, 0.2) is 42.5 Å². The third-order valence-electron chi connectivity index (χ3n) is 3.56. The van der Waals surface area contributed by atoms with Gasteiger partial charge in [-0.05, 0) is 37.3 Å². The van der Waals surface area contributed by atoms with Crippen molar-refractivity contribution in [3.05, 3.63) is 47.5 Å². The van der Waals surface area contributed by atoms with E-state index < -0.39 is 6.10 Å². The SMILES string of the molecule is Cc1nc2ccc(NC(=O)C3COc4ccccc4O3)cc2s1. The largest absolute Gasteiger partial charge is 0.485 e. The second-order valence-corrected chi connectivity index (χ2v) is 6.50. The lowest BCUT2D eigenvalue weighted by atomic mass is 10.2. The number of nitrogens with one attached hydrogen (secondary N) is 1. The number of carbonyl (C=O) groups is 1. The number of benzene rings is 2. The first kappa shape index (κ1) is 14.0. The lowest BCUT2D eigenvalue weighted by molar-refractivity contribution is -0.125. The van der Waals surface area contributed by atoms with Crippen LogP contribution in [-0.2, 0) is 4.79 Å². The lowest BCUT2D eigenvalue weighted by Gasteiger charge is -2.25.